The van der Waals surface area contributed by atoms with E-state index in [1.54, 1.807) is 22.0 Å². The molecule has 2 aromatic carbocycles. The summed E-state index contributed by atoms with van der Waals surface area (Å²) >= 11 is 3.78. The number of hydrogen-bond acceptors (Lipinski definition) is 7. The van der Waals surface area contributed by atoms with Gasteiger partial charge in [-0.2, -0.15) is 0 Å². The van der Waals surface area contributed by atoms with Crippen LogP contribution in [0.1, 0.15) is 67.7 Å². The third-order valence-electron chi connectivity index (χ3n) is 10.4. The fraction of sp³-hybridized carbons (Fsp3) is 0.500. The molecule has 0 aromatic heterocycles. The van der Waals surface area contributed by atoms with Crippen molar-refractivity contribution in [3.8, 4) is 0 Å². The lowest BCUT2D eigenvalue weighted by atomic mass is 9.70. The molecule has 3 aliphatic rings. The lowest BCUT2D eigenvalue weighted by Gasteiger charge is -2.38. The molecule has 5 rings (SSSR count). The molecule has 2 bridgehead atoms. The van der Waals surface area contributed by atoms with Gasteiger partial charge in [-0.1, -0.05) is 89.5 Å². The summed E-state index contributed by atoms with van der Waals surface area (Å²) in [6, 6.07) is 13.5. The number of allylic oxidation sites excluding steroid dienone is 1. The molecule has 3 amide bonds. The van der Waals surface area contributed by atoms with Crippen LogP contribution in [0.25, 0.3) is 0 Å². The summed E-state index contributed by atoms with van der Waals surface area (Å²) < 4.78 is 12.4. The third-order valence-corrected chi connectivity index (χ3v) is 11.2. The number of nitrogens with zero attached hydrogens (tertiary/aromatic N) is 2. The van der Waals surface area contributed by atoms with Gasteiger partial charge in [0, 0.05) is 36.6 Å². The van der Waals surface area contributed by atoms with E-state index in [-0.39, 0.29) is 42.8 Å². The van der Waals surface area contributed by atoms with Crippen LogP contribution in [0.4, 0.5) is 5.69 Å². The summed E-state index contributed by atoms with van der Waals surface area (Å²) in [4.78, 5) is 59.7. The highest BCUT2D eigenvalue weighted by Gasteiger charge is 2.76. The number of aliphatic hydroxyl groups excluding tert-OH is 1. The first-order chi connectivity index (χ1) is 24.6. The number of halogens is 1. The first-order valence-corrected chi connectivity index (χ1v) is 18.8. The van der Waals surface area contributed by atoms with E-state index in [1.165, 1.54) is 0 Å². The van der Waals surface area contributed by atoms with Crippen molar-refractivity contribution in [3.05, 3.63) is 90.5 Å². The molecule has 3 aliphatic heterocycles. The zero-order chi connectivity index (χ0) is 36.7. The van der Waals surface area contributed by atoms with Crippen molar-refractivity contribution in [2.75, 3.05) is 31.2 Å². The predicted octanol–water partition coefficient (Wildman–Crippen LogP) is 5.49. The topological polar surface area (TPSA) is 125 Å². The minimum atomic E-state index is -1.24. The van der Waals surface area contributed by atoms with E-state index in [4.69, 9.17) is 9.47 Å². The number of aliphatic hydroxyl groups is 1. The van der Waals surface area contributed by atoms with Gasteiger partial charge in [0.2, 0.25) is 11.8 Å². The Labute approximate surface area is 309 Å². The van der Waals surface area contributed by atoms with E-state index in [9.17, 15) is 19.5 Å². The predicted molar refractivity (Wildman–Crippen MR) is 199 cm³/mol. The molecule has 0 saturated carbocycles. The second-order valence-electron chi connectivity index (χ2n) is 13.8. The molecule has 2 aromatic rings. The Balaban J connectivity index is 1.49. The van der Waals surface area contributed by atoms with Crippen LogP contribution in [0.3, 0.4) is 0 Å². The van der Waals surface area contributed by atoms with Crippen LogP contribution >= 0.6 is 15.9 Å². The van der Waals surface area contributed by atoms with Crippen LogP contribution in [0, 0.1) is 25.7 Å². The molecule has 10 nitrogen and oxygen atoms in total. The number of benzene rings is 2. The van der Waals surface area contributed by atoms with E-state index < -0.39 is 47.5 Å². The van der Waals surface area contributed by atoms with Crippen LogP contribution in [-0.4, -0.2) is 82.6 Å². The third kappa shape index (κ3) is 7.85. The molecule has 1 spiro atoms. The minimum absolute atomic E-state index is 0.0845. The van der Waals surface area contributed by atoms with Crippen molar-refractivity contribution < 1.29 is 33.8 Å². The Bertz CT molecular complexity index is 1580. The number of rotatable bonds is 18. The van der Waals surface area contributed by atoms with E-state index in [1.807, 2.05) is 62.4 Å². The van der Waals surface area contributed by atoms with Gasteiger partial charge in [0.25, 0.3) is 5.91 Å². The quantitative estimate of drug-likeness (QED) is 0.0891. The molecule has 2 N–H and O–H groups in total. The molecular weight excluding hydrogens is 714 g/mol. The summed E-state index contributed by atoms with van der Waals surface area (Å²) in [5.41, 5.74) is 2.12. The second kappa shape index (κ2) is 17.1. The fourth-order valence-corrected chi connectivity index (χ4v) is 9.08. The lowest BCUT2D eigenvalue weighted by Crippen LogP contribution is -2.57. The Hall–Kier alpha value is -3.80. The molecular formula is C40H50BrN3O7. The summed E-state index contributed by atoms with van der Waals surface area (Å²) in [7, 11) is 0. The number of unbranched alkanes of at least 4 members (excludes halogenated alkanes) is 3. The molecule has 0 radical (unpaired) electrons. The van der Waals surface area contributed by atoms with Crippen molar-refractivity contribution in [1.29, 1.82) is 0 Å². The minimum Gasteiger partial charge on any atom is -0.463 e. The monoisotopic (exact) mass is 763 g/mol. The Morgan fingerprint density at radius 1 is 1.08 bits per heavy atom. The van der Waals surface area contributed by atoms with E-state index in [2.05, 4.69) is 34.4 Å². The average Bonchev–Trinajstić information content (AvgIpc) is 3.71. The second-order valence-corrected chi connectivity index (χ2v) is 15.0. The standard InChI is InChI=1S/C40H50BrN3O7/c1-5-7-20-31(46)50-25-30(28-18-11-10-12-19-28)42-37(47)32-33-38(48)44(22-13-8-9-14-23-45)36(40(33)24-29(41)35(32)51-40)39(49)43(21-6-2)34-26(3)16-15-17-27(34)4/h5-6,10-12,15-19,29-30,32-33,35-36,45H,1-2,7-9,13-14,20-25H2,3-4H3,(H,42,47)/t29?,30-,32-,33+,35-,36-,40+/m0/s1. The van der Waals surface area contributed by atoms with E-state index in [0.29, 0.717) is 32.2 Å². The molecule has 7 atom stereocenters. The normalized spacial score (nSPS) is 25.3. The number of amides is 3. The first kappa shape index (κ1) is 38.4. The van der Waals surface area contributed by atoms with Crippen LogP contribution in [0.2, 0.25) is 0 Å². The van der Waals surface area contributed by atoms with Crippen molar-refractivity contribution >= 4 is 45.3 Å². The lowest BCUT2D eigenvalue weighted by molar-refractivity contribution is -0.145. The molecule has 3 heterocycles. The van der Waals surface area contributed by atoms with Crippen molar-refractivity contribution in [2.45, 2.75) is 87.4 Å². The fourth-order valence-electron chi connectivity index (χ4n) is 8.14. The highest BCUT2D eigenvalue weighted by Crippen LogP contribution is 2.60. The van der Waals surface area contributed by atoms with Crippen LogP contribution in [-0.2, 0) is 28.7 Å². The Kier molecular flexibility index (Phi) is 12.9. The highest BCUT2D eigenvalue weighted by molar-refractivity contribution is 9.09. The number of ether oxygens (including phenoxy) is 2. The molecule has 3 fully saturated rings. The number of likely N-dealkylation sites (tertiary alicyclic amines) is 1. The molecule has 1 unspecified atom stereocenters. The highest BCUT2D eigenvalue weighted by atomic mass is 79.9. The smallest absolute Gasteiger partial charge is 0.306 e. The summed E-state index contributed by atoms with van der Waals surface area (Å²) in [6.45, 7) is 12.1. The average molecular weight is 765 g/mol. The largest absolute Gasteiger partial charge is 0.463 e. The van der Waals surface area contributed by atoms with Crippen molar-refractivity contribution in [3.63, 3.8) is 0 Å². The van der Waals surface area contributed by atoms with Crippen LogP contribution < -0.4 is 10.2 Å². The number of aryl methyl sites for hydroxylation is 2. The maximum Gasteiger partial charge on any atom is 0.306 e. The van der Waals surface area contributed by atoms with Gasteiger partial charge >= 0.3 is 5.97 Å². The SMILES string of the molecule is C=CCCC(=O)OC[C@H](NC(=O)[C@@H]1[C@H]2O[C@@]3(CC2Br)[C@H](C(=O)N(CC=C)c2c(C)cccc2C)N(CCCCCCO)C(=O)[C@@H]13)c1ccccc1. The number of fused-ring (bicyclic) bond motifs is 1. The van der Waals surface area contributed by atoms with Gasteiger partial charge in [0.15, 0.2) is 0 Å². The maximum absolute atomic E-state index is 15.0. The van der Waals surface area contributed by atoms with Crippen LogP contribution in [0.15, 0.2) is 73.8 Å². The van der Waals surface area contributed by atoms with Gasteiger partial charge in [-0.25, -0.2) is 0 Å². The molecule has 0 aliphatic carbocycles. The maximum atomic E-state index is 15.0. The number of para-hydroxylation sites is 1. The zero-order valence-corrected chi connectivity index (χ0v) is 31.2. The Morgan fingerprint density at radius 3 is 2.45 bits per heavy atom. The van der Waals surface area contributed by atoms with E-state index in [0.717, 1.165) is 35.2 Å². The number of carbonyl (C=O) groups is 4. The van der Waals surface area contributed by atoms with Crippen LogP contribution in [0.5, 0.6) is 0 Å². The molecule has 51 heavy (non-hydrogen) atoms. The number of esters is 1. The van der Waals surface area contributed by atoms with Gasteiger partial charge in [-0.15, -0.1) is 13.2 Å². The zero-order valence-electron chi connectivity index (χ0n) is 29.6. The molecule has 3 saturated heterocycles. The Morgan fingerprint density at radius 2 is 1.78 bits per heavy atom. The van der Waals surface area contributed by atoms with Gasteiger partial charge in [-0.3, -0.25) is 19.2 Å². The van der Waals surface area contributed by atoms with Gasteiger partial charge < -0.3 is 29.7 Å². The van der Waals surface area contributed by atoms with Crippen molar-refractivity contribution in [1.82, 2.24) is 10.2 Å². The number of alkyl halides is 1. The molecule has 11 heteroatoms. The summed E-state index contributed by atoms with van der Waals surface area (Å²) in [5.74, 6) is -3.12. The number of anilines is 1. The number of nitrogens with one attached hydrogen (secondary N) is 1. The summed E-state index contributed by atoms with van der Waals surface area (Å²) in [5, 5.41) is 12.4. The van der Waals surface area contributed by atoms with Gasteiger partial charge in [0.1, 0.15) is 18.2 Å². The summed E-state index contributed by atoms with van der Waals surface area (Å²) in [6.07, 6.45) is 6.57. The molecule has 274 valence electrons. The van der Waals surface area contributed by atoms with Gasteiger partial charge in [-0.05, 0) is 56.2 Å². The number of carbonyl (C=O) groups excluding carboxylic acids is 4. The number of hydrogen-bond donors (Lipinski definition) is 2. The van der Waals surface area contributed by atoms with Gasteiger partial charge in [0.05, 0.1) is 24.0 Å². The van der Waals surface area contributed by atoms with Crippen molar-refractivity contribution in [2.24, 2.45) is 11.8 Å². The first-order valence-electron chi connectivity index (χ1n) is 17.9. The van der Waals surface area contributed by atoms with E-state index >= 15 is 4.79 Å².